The molecule has 0 heterocycles. The number of rotatable bonds is 0. The molecule has 4 rings (SSSR count). The molecule has 0 aromatic rings. The van der Waals surface area contributed by atoms with E-state index in [1.54, 1.807) is 0 Å². The maximum Gasteiger partial charge on any atom is -0.00770 e. The van der Waals surface area contributed by atoms with Crippen molar-refractivity contribution in [3.05, 3.63) is 24.3 Å². The van der Waals surface area contributed by atoms with Gasteiger partial charge < -0.3 is 0 Å². The highest BCUT2D eigenvalue weighted by Gasteiger charge is 2.58. The van der Waals surface area contributed by atoms with Crippen LogP contribution in [0.25, 0.3) is 0 Å². The first-order chi connectivity index (χ1) is 9.96. The van der Waals surface area contributed by atoms with Crippen molar-refractivity contribution in [2.75, 3.05) is 0 Å². The first-order valence-corrected chi connectivity index (χ1v) is 9.33. The Balaban J connectivity index is 1.70. The summed E-state index contributed by atoms with van der Waals surface area (Å²) in [6.45, 7) is 14.0. The van der Waals surface area contributed by atoms with Gasteiger partial charge in [-0.25, -0.2) is 0 Å². The largest absolute Gasteiger partial charge is 0.0955 e. The molecule has 6 atom stereocenters. The first kappa shape index (κ1) is 14.1. The van der Waals surface area contributed by atoms with Crippen molar-refractivity contribution < 1.29 is 0 Å². The van der Waals surface area contributed by atoms with Crippen LogP contribution in [0.1, 0.15) is 71.6 Å². The predicted octanol–water partition coefficient (Wildman–Crippen LogP) is 6.14. The van der Waals surface area contributed by atoms with E-state index in [1.165, 1.54) is 68.9 Å². The Morgan fingerprint density at radius 2 is 1.76 bits per heavy atom. The molecule has 4 saturated carbocycles. The van der Waals surface area contributed by atoms with Gasteiger partial charge in [0.25, 0.3) is 0 Å². The maximum absolute atomic E-state index is 4.48. The van der Waals surface area contributed by atoms with Crippen LogP contribution in [0.3, 0.4) is 0 Å². The second-order valence-corrected chi connectivity index (χ2v) is 9.27. The molecule has 0 saturated heterocycles. The van der Waals surface area contributed by atoms with Crippen molar-refractivity contribution in [1.82, 2.24) is 0 Å². The van der Waals surface area contributed by atoms with E-state index >= 15 is 0 Å². The topological polar surface area (TPSA) is 0 Å². The third-order valence-corrected chi connectivity index (χ3v) is 8.32. The van der Waals surface area contributed by atoms with E-state index in [0.29, 0.717) is 10.8 Å². The van der Waals surface area contributed by atoms with Gasteiger partial charge in [-0.2, -0.15) is 0 Å². The highest BCUT2D eigenvalue weighted by Crippen LogP contribution is 2.67. The summed E-state index contributed by atoms with van der Waals surface area (Å²) < 4.78 is 0. The Hall–Kier alpha value is -0.520. The summed E-state index contributed by atoms with van der Waals surface area (Å²) in [6, 6.07) is 0. The Morgan fingerprint density at radius 3 is 2.57 bits per heavy atom. The normalized spacial score (nSPS) is 53.0. The molecule has 0 aromatic carbocycles. The van der Waals surface area contributed by atoms with Crippen molar-refractivity contribution in [2.45, 2.75) is 71.6 Å². The molecule has 4 aliphatic carbocycles. The van der Waals surface area contributed by atoms with Gasteiger partial charge >= 0.3 is 0 Å². The zero-order valence-corrected chi connectivity index (χ0v) is 14.1. The van der Waals surface area contributed by atoms with E-state index in [4.69, 9.17) is 0 Å². The fourth-order valence-corrected chi connectivity index (χ4v) is 7.28. The lowest BCUT2D eigenvalue weighted by Crippen LogP contribution is -2.52. The molecular weight excluding hydrogens is 252 g/mol. The number of hydrogen-bond acceptors (Lipinski definition) is 0. The molecule has 0 N–H and O–H groups in total. The smallest absolute Gasteiger partial charge is 0.00770 e. The molecule has 0 amide bonds. The van der Waals surface area contributed by atoms with E-state index < -0.39 is 0 Å². The minimum absolute atomic E-state index is 0.493. The van der Waals surface area contributed by atoms with Crippen LogP contribution < -0.4 is 0 Å². The highest BCUT2D eigenvalue weighted by molar-refractivity contribution is 5.38. The summed E-state index contributed by atoms with van der Waals surface area (Å²) in [5.41, 5.74) is 3.95. The van der Waals surface area contributed by atoms with Crippen molar-refractivity contribution in [2.24, 2.45) is 34.5 Å². The van der Waals surface area contributed by atoms with Gasteiger partial charge in [0.1, 0.15) is 0 Å². The van der Waals surface area contributed by atoms with E-state index in [9.17, 15) is 0 Å². The van der Waals surface area contributed by atoms with Gasteiger partial charge in [0.15, 0.2) is 0 Å². The Kier molecular flexibility index (Phi) is 3.02. The van der Waals surface area contributed by atoms with Gasteiger partial charge in [-0.3, -0.25) is 0 Å². The molecule has 0 unspecified atom stereocenters. The van der Waals surface area contributed by atoms with Crippen molar-refractivity contribution in [3.8, 4) is 0 Å². The third-order valence-electron chi connectivity index (χ3n) is 8.32. The quantitative estimate of drug-likeness (QED) is 0.501. The molecule has 21 heavy (non-hydrogen) atoms. The van der Waals surface area contributed by atoms with Gasteiger partial charge in [-0.05, 0) is 85.0 Å². The van der Waals surface area contributed by atoms with Crippen molar-refractivity contribution in [1.29, 1.82) is 0 Å². The second kappa shape index (κ2) is 4.49. The lowest BCUT2D eigenvalue weighted by Gasteiger charge is -2.60. The molecular formula is C21H32. The summed E-state index contributed by atoms with van der Waals surface area (Å²) in [5, 5.41) is 0. The lowest BCUT2D eigenvalue weighted by molar-refractivity contribution is -0.0956. The van der Waals surface area contributed by atoms with E-state index in [-0.39, 0.29) is 0 Å². The fraction of sp³-hybridized carbons (Fsp3) is 0.810. The monoisotopic (exact) mass is 284 g/mol. The van der Waals surface area contributed by atoms with Gasteiger partial charge in [0.2, 0.25) is 0 Å². The molecule has 4 fully saturated rings. The summed E-state index contributed by atoms with van der Waals surface area (Å²) in [5.74, 6) is 3.66. The summed E-state index contributed by atoms with van der Waals surface area (Å²) >= 11 is 0. The van der Waals surface area contributed by atoms with Gasteiger partial charge in [-0.15, -0.1) is 0 Å². The zero-order valence-electron chi connectivity index (χ0n) is 14.1. The third kappa shape index (κ3) is 1.80. The minimum atomic E-state index is 0.493. The summed E-state index contributed by atoms with van der Waals surface area (Å²) in [7, 11) is 0. The van der Waals surface area contributed by atoms with Crippen LogP contribution in [0.5, 0.6) is 0 Å². The summed E-state index contributed by atoms with van der Waals surface area (Å²) in [6.07, 6.45) is 13.0. The molecule has 116 valence electrons. The maximum atomic E-state index is 4.48. The van der Waals surface area contributed by atoms with Crippen LogP contribution in [-0.4, -0.2) is 0 Å². The first-order valence-electron chi connectivity index (χ1n) is 9.33. The van der Waals surface area contributed by atoms with Gasteiger partial charge in [0, 0.05) is 0 Å². The van der Waals surface area contributed by atoms with Crippen LogP contribution in [0.15, 0.2) is 24.3 Å². The lowest BCUT2D eigenvalue weighted by atomic mass is 9.45. The predicted molar refractivity (Wildman–Crippen MR) is 90.0 cm³/mol. The average molecular weight is 284 g/mol. The number of allylic oxidation sites excluding steroid dienone is 2. The molecule has 0 bridgehead atoms. The van der Waals surface area contributed by atoms with E-state index in [2.05, 4.69) is 27.0 Å². The van der Waals surface area contributed by atoms with Crippen molar-refractivity contribution >= 4 is 0 Å². The van der Waals surface area contributed by atoms with Gasteiger partial charge in [0.05, 0.1) is 0 Å². The molecule has 0 nitrogen and oxygen atoms in total. The Labute approximate surface area is 131 Å². The zero-order chi connectivity index (χ0) is 14.8. The number of hydrogen-bond donors (Lipinski definition) is 0. The van der Waals surface area contributed by atoms with Crippen LogP contribution in [0.2, 0.25) is 0 Å². The minimum Gasteiger partial charge on any atom is -0.0955 e. The van der Waals surface area contributed by atoms with Crippen LogP contribution in [-0.2, 0) is 0 Å². The summed E-state index contributed by atoms with van der Waals surface area (Å²) in [4.78, 5) is 0. The van der Waals surface area contributed by atoms with Gasteiger partial charge in [-0.1, -0.05) is 45.4 Å². The highest BCUT2D eigenvalue weighted by atomic mass is 14.6. The van der Waals surface area contributed by atoms with Crippen LogP contribution >= 0.6 is 0 Å². The second-order valence-electron chi connectivity index (χ2n) is 9.27. The molecule has 0 aliphatic heterocycles. The van der Waals surface area contributed by atoms with E-state index in [1.807, 2.05) is 0 Å². The molecule has 4 aliphatic rings. The molecule has 0 spiro atoms. The standard InChI is InChI=1S/C21H32/c1-14-13-20(3)12-10-18-17(19(20)15(14)2)9-8-16-7-5-6-11-21(16,18)4/h16-19H,1-2,5-13H2,3-4H3/t16-,17+,18-,19-,20+,21-/m0/s1. The number of fused-ring (bicyclic) bond motifs is 5. The SMILES string of the molecule is C=C1C[C@@]2(C)CC[C@H]3[C@@H](CC[C@@H]4CCCC[C@@]43C)[C@@H]2C1=C. The molecule has 0 heteroatoms. The average Bonchev–Trinajstić information content (AvgIpc) is 2.68. The van der Waals surface area contributed by atoms with E-state index in [0.717, 1.165) is 23.7 Å². The van der Waals surface area contributed by atoms with Crippen LogP contribution in [0, 0.1) is 34.5 Å². The van der Waals surface area contributed by atoms with Crippen LogP contribution in [0.4, 0.5) is 0 Å². The van der Waals surface area contributed by atoms with Crippen molar-refractivity contribution in [3.63, 3.8) is 0 Å². The molecule has 0 radical (unpaired) electrons. The Morgan fingerprint density at radius 1 is 0.952 bits per heavy atom. The Bertz CT molecular complexity index is 486. The fourth-order valence-electron chi connectivity index (χ4n) is 7.28. The molecule has 0 aromatic heterocycles.